The molecule has 0 aromatic heterocycles. The lowest BCUT2D eigenvalue weighted by atomic mass is 10.0. The zero-order chi connectivity index (χ0) is 25.9. The highest BCUT2D eigenvalue weighted by atomic mass is 32.2. The Labute approximate surface area is 206 Å². The van der Waals surface area contributed by atoms with Crippen LogP contribution in [0.1, 0.15) is 60.5 Å². The van der Waals surface area contributed by atoms with Gasteiger partial charge in [-0.15, -0.1) is 0 Å². The van der Waals surface area contributed by atoms with Gasteiger partial charge < -0.3 is 8.85 Å². The van der Waals surface area contributed by atoms with Crippen LogP contribution in [-0.4, -0.2) is 44.4 Å². The quantitative estimate of drug-likeness (QED) is 0.231. The van der Waals surface area contributed by atoms with E-state index < -0.39 is 26.8 Å². The molecule has 33 heavy (non-hydrogen) atoms. The second kappa shape index (κ2) is 11.0. The van der Waals surface area contributed by atoms with Crippen LogP contribution in [0.15, 0.2) is 29.2 Å². The van der Waals surface area contributed by atoms with Gasteiger partial charge in [-0.05, 0) is 61.7 Å². The molecule has 0 radical (unpaired) electrons. The summed E-state index contributed by atoms with van der Waals surface area (Å²) in [7, 11) is -7.74. The minimum absolute atomic E-state index is 0.0556. The zero-order valence-electron chi connectivity index (χ0n) is 23.0. The van der Waals surface area contributed by atoms with E-state index in [0.717, 1.165) is 5.56 Å². The third-order valence-electron chi connectivity index (χ3n) is 7.35. The topological polar surface area (TPSA) is 61.8 Å². The smallest absolute Gasteiger partial charge is 0.296 e. The van der Waals surface area contributed by atoms with Gasteiger partial charge in [0, 0.05) is 12.5 Å². The van der Waals surface area contributed by atoms with Crippen LogP contribution < -0.4 is 0 Å². The van der Waals surface area contributed by atoms with Crippen molar-refractivity contribution in [3.63, 3.8) is 0 Å². The number of hydrogen-bond donors (Lipinski definition) is 0. The maximum absolute atomic E-state index is 12.7. The molecule has 1 rings (SSSR count). The van der Waals surface area contributed by atoms with Gasteiger partial charge in [0.05, 0.1) is 17.6 Å². The molecule has 1 aromatic carbocycles. The molecule has 5 nitrogen and oxygen atoms in total. The van der Waals surface area contributed by atoms with Crippen molar-refractivity contribution >= 4 is 26.8 Å². The molecular formula is C25H48O5SSi2. The van der Waals surface area contributed by atoms with E-state index >= 15 is 0 Å². The molecule has 0 aliphatic carbocycles. The number of hydrogen-bond acceptors (Lipinski definition) is 5. The summed E-state index contributed by atoms with van der Waals surface area (Å²) in [5.41, 5.74) is 1.01. The van der Waals surface area contributed by atoms with Crippen molar-refractivity contribution in [3.05, 3.63) is 29.8 Å². The molecule has 0 fully saturated rings. The molecule has 2 atom stereocenters. The number of benzene rings is 1. The fourth-order valence-corrected chi connectivity index (χ4v) is 6.26. The molecule has 0 spiro atoms. The van der Waals surface area contributed by atoms with Gasteiger partial charge in [-0.2, -0.15) is 8.42 Å². The number of rotatable bonds is 11. The maximum Gasteiger partial charge on any atom is 0.296 e. The molecule has 0 heterocycles. The summed E-state index contributed by atoms with van der Waals surface area (Å²) in [5.74, 6) is -0.0950. The Morgan fingerprint density at radius 2 is 1.36 bits per heavy atom. The third-order valence-corrected chi connectivity index (χ3v) is 17.7. The summed E-state index contributed by atoms with van der Waals surface area (Å²) in [6, 6.07) is 6.74. The molecule has 0 amide bonds. The van der Waals surface area contributed by atoms with Crippen LogP contribution in [0.5, 0.6) is 0 Å². The first-order valence-corrected chi connectivity index (χ1v) is 19.2. The van der Waals surface area contributed by atoms with Crippen LogP contribution >= 0.6 is 0 Å². The Hall–Kier alpha value is -0.516. The summed E-state index contributed by atoms with van der Waals surface area (Å²) in [4.78, 5) is 0.184. The van der Waals surface area contributed by atoms with Crippen LogP contribution in [0.3, 0.4) is 0 Å². The highest BCUT2D eigenvalue weighted by Gasteiger charge is 2.41. The van der Waals surface area contributed by atoms with E-state index in [0.29, 0.717) is 13.0 Å². The first-order valence-electron chi connectivity index (χ1n) is 12.0. The molecule has 1 aromatic rings. The van der Waals surface area contributed by atoms with Crippen molar-refractivity contribution in [2.24, 2.45) is 5.92 Å². The van der Waals surface area contributed by atoms with E-state index in [2.05, 4.69) is 67.7 Å². The van der Waals surface area contributed by atoms with Gasteiger partial charge in [0.15, 0.2) is 16.6 Å². The van der Waals surface area contributed by atoms with Crippen LogP contribution in [-0.2, 0) is 23.2 Å². The van der Waals surface area contributed by atoms with Crippen molar-refractivity contribution in [1.29, 1.82) is 0 Å². The Morgan fingerprint density at radius 1 is 0.879 bits per heavy atom. The Kier molecular flexibility index (Phi) is 10.2. The number of aryl methyl sites for hydroxylation is 1. The van der Waals surface area contributed by atoms with Crippen molar-refractivity contribution in [3.8, 4) is 0 Å². The molecule has 0 aliphatic rings. The molecule has 0 saturated carbocycles. The van der Waals surface area contributed by atoms with Gasteiger partial charge in [-0.1, -0.05) is 66.2 Å². The Morgan fingerprint density at radius 3 is 1.82 bits per heavy atom. The minimum atomic E-state index is -3.81. The highest BCUT2D eigenvalue weighted by molar-refractivity contribution is 7.86. The van der Waals surface area contributed by atoms with Gasteiger partial charge in [0.25, 0.3) is 10.1 Å². The van der Waals surface area contributed by atoms with E-state index in [-0.39, 0.29) is 33.6 Å². The summed E-state index contributed by atoms with van der Waals surface area (Å²) < 4.78 is 44.0. The van der Waals surface area contributed by atoms with Crippen molar-refractivity contribution in [2.45, 2.75) is 109 Å². The van der Waals surface area contributed by atoms with E-state index in [9.17, 15) is 8.42 Å². The van der Waals surface area contributed by atoms with Gasteiger partial charge >= 0.3 is 0 Å². The lowest BCUT2D eigenvalue weighted by Crippen LogP contribution is -2.47. The first kappa shape index (κ1) is 30.5. The molecular weight excluding hydrogens is 469 g/mol. The predicted molar refractivity (Wildman–Crippen MR) is 143 cm³/mol. The predicted octanol–water partition coefficient (Wildman–Crippen LogP) is 7.14. The lowest BCUT2D eigenvalue weighted by Gasteiger charge is -2.41. The average Bonchev–Trinajstić information content (AvgIpc) is 2.63. The summed E-state index contributed by atoms with van der Waals surface area (Å²) in [6.07, 6.45) is 0.581. The fraction of sp³-hybridized carbons (Fsp3) is 0.760. The largest absolute Gasteiger partial charge is 0.417 e. The normalized spacial score (nSPS) is 16.0. The van der Waals surface area contributed by atoms with Crippen molar-refractivity contribution in [2.75, 3.05) is 13.2 Å². The van der Waals surface area contributed by atoms with E-state index in [4.69, 9.17) is 13.0 Å². The van der Waals surface area contributed by atoms with Crippen LogP contribution in [0.25, 0.3) is 0 Å². The summed E-state index contributed by atoms with van der Waals surface area (Å²) in [6.45, 7) is 26.9. The Balaban J connectivity index is 2.96. The van der Waals surface area contributed by atoms with Crippen molar-refractivity contribution < 1.29 is 21.5 Å². The molecule has 0 bridgehead atoms. The highest BCUT2D eigenvalue weighted by Crippen LogP contribution is 2.39. The van der Waals surface area contributed by atoms with E-state index in [1.807, 2.05) is 13.8 Å². The summed E-state index contributed by atoms with van der Waals surface area (Å²) >= 11 is 0. The average molecular weight is 517 g/mol. The van der Waals surface area contributed by atoms with Crippen LogP contribution in [0.4, 0.5) is 0 Å². The van der Waals surface area contributed by atoms with Crippen LogP contribution in [0, 0.1) is 12.8 Å². The standard InChI is InChI=1S/C25H48O5SSi2/c1-20-13-15-22(16-14-20)31(26,27)28-19-21(2)23(30-33(11,12)25(6,7)8)17-18-29-32(9,10)24(3,4)5/h13-16,21,23H,17-19H2,1-12H3/t21-,23-/m0/s1. The molecule has 192 valence electrons. The monoisotopic (exact) mass is 516 g/mol. The third kappa shape index (κ3) is 8.89. The van der Waals surface area contributed by atoms with Gasteiger partial charge in [-0.25, -0.2) is 0 Å². The zero-order valence-corrected chi connectivity index (χ0v) is 25.9. The van der Waals surface area contributed by atoms with E-state index in [1.54, 1.807) is 24.3 Å². The molecule has 8 heteroatoms. The SMILES string of the molecule is Cc1ccc(S(=O)(=O)OC[C@H](C)[C@H](CCO[Si](C)(C)C(C)(C)C)O[Si](C)(C)C(C)(C)C)cc1. The molecule has 0 N–H and O–H groups in total. The maximum atomic E-state index is 12.7. The van der Waals surface area contributed by atoms with E-state index in [1.165, 1.54) is 0 Å². The lowest BCUT2D eigenvalue weighted by molar-refractivity contribution is 0.0729. The summed E-state index contributed by atoms with van der Waals surface area (Å²) in [5, 5.41) is 0.194. The van der Waals surface area contributed by atoms with Gasteiger partial charge in [-0.3, -0.25) is 4.18 Å². The Bertz CT molecular complexity index is 850. The second-order valence-electron chi connectivity index (χ2n) is 12.3. The van der Waals surface area contributed by atoms with Crippen LogP contribution in [0.2, 0.25) is 36.3 Å². The van der Waals surface area contributed by atoms with Gasteiger partial charge in [0.1, 0.15) is 0 Å². The second-order valence-corrected chi connectivity index (χ2v) is 23.5. The molecule has 0 saturated heterocycles. The minimum Gasteiger partial charge on any atom is -0.417 e. The first-order chi connectivity index (χ1) is 14.7. The molecule has 0 unspecified atom stereocenters. The molecule has 0 aliphatic heterocycles. The van der Waals surface area contributed by atoms with Gasteiger partial charge in [0.2, 0.25) is 0 Å². The fourth-order valence-electron chi connectivity index (χ4n) is 2.74. The van der Waals surface area contributed by atoms with Crippen molar-refractivity contribution in [1.82, 2.24) is 0 Å².